The van der Waals surface area contributed by atoms with Crippen molar-refractivity contribution in [3.05, 3.63) is 23.8 Å². The van der Waals surface area contributed by atoms with Crippen LogP contribution in [0.25, 0.3) is 0 Å². The second-order valence-electron chi connectivity index (χ2n) is 2.71. The summed E-state index contributed by atoms with van der Waals surface area (Å²) in [6.45, 7) is -0.161. The van der Waals surface area contributed by atoms with E-state index < -0.39 is 6.04 Å². The molecule has 0 aromatic heterocycles. The van der Waals surface area contributed by atoms with Gasteiger partial charge < -0.3 is 15.9 Å². The maximum atomic E-state index is 9.43. The number of aliphatic hydroxyl groups is 1. The van der Waals surface area contributed by atoms with Gasteiger partial charge in [0.15, 0.2) is 0 Å². The van der Waals surface area contributed by atoms with Gasteiger partial charge in [0, 0.05) is 10.5 Å². The average Bonchev–Trinajstić information content (AvgIpc) is 2.17. The summed E-state index contributed by atoms with van der Waals surface area (Å²) in [4.78, 5) is 1.02. The molecule has 0 radical (unpaired) electrons. The van der Waals surface area contributed by atoms with E-state index in [9.17, 15) is 5.11 Å². The molecule has 72 valence electrons. The number of phenols is 1. The molecule has 0 amide bonds. The van der Waals surface area contributed by atoms with Crippen molar-refractivity contribution in [1.82, 2.24) is 0 Å². The SMILES string of the molecule is CSc1ccc(O)c(C(N)CO)c1. The Labute approximate surface area is 81.6 Å². The minimum atomic E-state index is -0.507. The molecule has 1 atom stereocenters. The molecule has 0 fully saturated rings. The maximum Gasteiger partial charge on any atom is 0.120 e. The van der Waals surface area contributed by atoms with Crippen LogP contribution in [0.2, 0.25) is 0 Å². The molecule has 1 aromatic rings. The highest BCUT2D eigenvalue weighted by Gasteiger charge is 2.09. The normalized spacial score (nSPS) is 12.8. The smallest absolute Gasteiger partial charge is 0.120 e. The molecule has 0 spiro atoms. The molecule has 4 N–H and O–H groups in total. The lowest BCUT2D eigenvalue weighted by Gasteiger charge is -2.11. The number of nitrogens with two attached hydrogens (primary N) is 1. The largest absolute Gasteiger partial charge is 0.508 e. The van der Waals surface area contributed by atoms with Gasteiger partial charge in [-0.3, -0.25) is 0 Å². The molecule has 1 unspecified atom stereocenters. The number of thioether (sulfide) groups is 1. The first kappa shape index (κ1) is 10.4. The van der Waals surface area contributed by atoms with E-state index in [0.717, 1.165) is 4.90 Å². The van der Waals surface area contributed by atoms with E-state index in [1.165, 1.54) is 0 Å². The van der Waals surface area contributed by atoms with Crippen molar-refractivity contribution in [1.29, 1.82) is 0 Å². The quantitative estimate of drug-likeness (QED) is 0.638. The lowest BCUT2D eigenvalue weighted by molar-refractivity contribution is 0.265. The predicted molar refractivity (Wildman–Crippen MR) is 53.9 cm³/mol. The molecule has 0 saturated heterocycles. The standard InChI is InChI=1S/C9H13NO2S/c1-13-6-2-3-9(12)7(4-6)8(10)5-11/h2-4,8,11-12H,5,10H2,1H3. The van der Waals surface area contributed by atoms with E-state index in [1.54, 1.807) is 23.9 Å². The van der Waals surface area contributed by atoms with Crippen LogP contribution in [-0.4, -0.2) is 23.1 Å². The van der Waals surface area contributed by atoms with Crippen LogP contribution < -0.4 is 5.73 Å². The van der Waals surface area contributed by atoms with Crippen molar-refractivity contribution >= 4 is 11.8 Å². The third-order valence-electron chi connectivity index (χ3n) is 1.83. The van der Waals surface area contributed by atoms with Gasteiger partial charge in [-0.25, -0.2) is 0 Å². The molecule has 1 aromatic carbocycles. The van der Waals surface area contributed by atoms with Crippen molar-refractivity contribution in [2.75, 3.05) is 12.9 Å². The second kappa shape index (κ2) is 4.50. The average molecular weight is 199 g/mol. The zero-order chi connectivity index (χ0) is 9.84. The van der Waals surface area contributed by atoms with Gasteiger partial charge in [0.05, 0.1) is 12.6 Å². The minimum absolute atomic E-state index is 0.138. The Balaban J connectivity index is 3.03. The Bertz CT molecular complexity index is 291. The zero-order valence-electron chi connectivity index (χ0n) is 7.40. The third-order valence-corrected chi connectivity index (χ3v) is 2.56. The minimum Gasteiger partial charge on any atom is -0.508 e. The number of phenolic OH excluding ortho intramolecular Hbond substituents is 1. The fourth-order valence-electron chi connectivity index (χ4n) is 1.05. The van der Waals surface area contributed by atoms with Crippen LogP contribution in [0, 0.1) is 0 Å². The van der Waals surface area contributed by atoms with E-state index in [1.807, 2.05) is 12.3 Å². The molecule has 0 bridgehead atoms. The van der Waals surface area contributed by atoms with E-state index in [-0.39, 0.29) is 12.4 Å². The van der Waals surface area contributed by atoms with Crippen molar-refractivity contribution in [3.63, 3.8) is 0 Å². The van der Waals surface area contributed by atoms with E-state index >= 15 is 0 Å². The lowest BCUT2D eigenvalue weighted by Crippen LogP contribution is -2.14. The van der Waals surface area contributed by atoms with Gasteiger partial charge >= 0.3 is 0 Å². The second-order valence-corrected chi connectivity index (χ2v) is 3.59. The Hall–Kier alpha value is -0.710. The predicted octanol–water partition coefficient (Wildman–Crippen LogP) is 1.11. The molecular weight excluding hydrogens is 186 g/mol. The van der Waals surface area contributed by atoms with Crippen molar-refractivity contribution in [3.8, 4) is 5.75 Å². The fourth-order valence-corrected chi connectivity index (χ4v) is 1.50. The summed E-state index contributed by atoms with van der Waals surface area (Å²) in [6.07, 6.45) is 1.95. The highest BCUT2D eigenvalue weighted by molar-refractivity contribution is 7.98. The number of rotatable bonds is 3. The maximum absolute atomic E-state index is 9.43. The number of aromatic hydroxyl groups is 1. The summed E-state index contributed by atoms with van der Waals surface area (Å²) in [6, 6.07) is 4.69. The number of hydrogen-bond acceptors (Lipinski definition) is 4. The summed E-state index contributed by atoms with van der Waals surface area (Å²) < 4.78 is 0. The Morgan fingerprint density at radius 1 is 1.54 bits per heavy atom. The fraction of sp³-hybridized carbons (Fsp3) is 0.333. The van der Waals surface area contributed by atoms with Crippen molar-refractivity contribution in [2.45, 2.75) is 10.9 Å². The summed E-state index contributed by atoms with van der Waals surface area (Å²) in [5.41, 5.74) is 6.19. The van der Waals surface area contributed by atoms with Crippen LogP contribution in [0.15, 0.2) is 23.1 Å². The molecule has 0 aliphatic carbocycles. The first-order valence-electron chi connectivity index (χ1n) is 3.92. The summed E-state index contributed by atoms with van der Waals surface area (Å²) in [5, 5.41) is 18.3. The first-order chi connectivity index (χ1) is 6.19. The lowest BCUT2D eigenvalue weighted by atomic mass is 10.1. The van der Waals surface area contributed by atoms with Crippen molar-refractivity contribution in [2.24, 2.45) is 5.73 Å². The first-order valence-corrected chi connectivity index (χ1v) is 5.15. The molecule has 1 rings (SSSR count). The molecule has 4 heteroatoms. The molecule has 0 aliphatic heterocycles. The van der Waals surface area contributed by atoms with Gasteiger partial charge in [-0.2, -0.15) is 0 Å². The van der Waals surface area contributed by atoms with Gasteiger partial charge in [-0.15, -0.1) is 11.8 Å². The zero-order valence-corrected chi connectivity index (χ0v) is 8.21. The van der Waals surface area contributed by atoms with Gasteiger partial charge in [-0.1, -0.05) is 0 Å². The Morgan fingerprint density at radius 3 is 2.77 bits per heavy atom. The number of benzene rings is 1. The summed E-state index contributed by atoms with van der Waals surface area (Å²) in [7, 11) is 0. The van der Waals surface area contributed by atoms with E-state index in [0.29, 0.717) is 5.56 Å². The van der Waals surface area contributed by atoms with Gasteiger partial charge in [0.2, 0.25) is 0 Å². The highest BCUT2D eigenvalue weighted by atomic mass is 32.2. The van der Waals surface area contributed by atoms with E-state index in [2.05, 4.69) is 0 Å². The van der Waals surface area contributed by atoms with Crippen LogP contribution in [0.5, 0.6) is 5.75 Å². The molecule has 0 aliphatic rings. The van der Waals surface area contributed by atoms with Crippen LogP contribution in [0.1, 0.15) is 11.6 Å². The molecular formula is C9H13NO2S. The molecule has 0 saturated carbocycles. The molecule has 3 nitrogen and oxygen atoms in total. The number of aliphatic hydroxyl groups excluding tert-OH is 1. The monoisotopic (exact) mass is 199 g/mol. The van der Waals surface area contributed by atoms with Crippen LogP contribution in [0.4, 0.5) is 0 Å². The van der Waals surface area contributed by atoms with Gasteiger partial charge in [0.25, 0.3) is 0 Å². The third kappa shape index (κ3) is 2.37. The van der Waals surface area contributed by atoms with E-state index in [4.69, 9.17) is 10.8 Å². The molecule has 0 heterocycles. The summed E-state index contributed by atoms with van der Waals surface area (Å²) >= 11 is 1.57. The van der Waals surface area contributed by atoms with Crippen LogP contribution in [-0.2, 0) is 0 Å². The van der Waals surface area contributed by atoms with Gasteiger partial charge in [-0.05, 0) is 24.5 Å². The molecule has 13 heavy (non-hydrogen) atoms. The van der Waals surface area contributed by atoms with Crippen molar-refractivity contribution < 1.29 is 10.2 Å². The highest BCUT2D eigenvalue weighted by Crippen LogP contribution is 2.27. The Kier molecular flexibility index (Phi) is 3.59. The summed E-state index contributed by atoms with van der Waals surface area (Å²) in [5.74, 6) is 0.138. The van der Waals surface area contributed by atoms with Crippen LogP contribution >= 0.6 is 11.8 Å². The Morgan fingerprint density at radius 2 is 2.23 bits per heavy atom. The number of hydrogen-bond donors (Lipinski definition) is 3. The van der Waals surface area contributed by atoms with Gasteiger partial charge in [0.1, 0.15) is 5.75 Å². The van der Waals surface area contributed by atoms with Crippen LogP contribution in [0.3, 0.4) is 0 Å². The topological polar surface area (TPSA) is 66.5 Å².